The number of anilines is 3. The minimum absolute atomic E-state index is 0.253. The first kappa shape index (κ1) is 18.9. The highest BCUT2D eigenvalue weighted by atomic mass is 16.5. The Morgan fingerprint density at radius 3 is 2.79 bits per heavy atom. The summed E-state index contributed by atoms with van der Waals surface area (Å²) in [6, 6.07) is 6.32. The maximum atomic E-state index is 12.5. The number of aliphatic hydroxyl groups excluding tert-OH is 2. The molecule has 2 aliphatic rings. The van der Waals surface area contributed by atoms with Gasteiger partial charge in [0.1, 0.15) is 18.1 Å². The highest BCUT2D eigenvalue weighted by Gasteiger charge is 2.35. The Morgan fingerprint density at radius 1 is 1.32 bits per heavy atom. The van der Waals surface area contributed by atoms with Crippen LogP contribution < -0.4 is 15.9 Å². The van der Waals surface area contributed by atoms with Gasteiger partial charge in [0.2, 0.25) is 0 Å². The van der Waals surface area contributed by atoms with Crippen LogP contribution in [-0.2, 0) is 11.2 Å². The SMILES string of the molecule is CCN(CC)c1ccc2c(c1)Nc1nc(=O)n([C@H]3CC(O)[C@@H](CO)O3)cc1C2. The number of hydrogen-bond donors (Lipinski definition) is 3. The van der Waals surface area contributed by atoms with Gasteiger partial charge in [0.05, 0.1) is 12.7 Å². The van der Waals surface area contributed by atoms with Crippen LogP contribution in [0.1, 0.15) is 37.6 Å². The van der Waals surface area contributed by atoms with Gasteiger partial charge in [-0.2, -0.15) is 4.98 Å². The molecule has 0 aliphatic carbocycles. The smallest absolute Gasteiger partial charge is 0.351 e. The van der Waals surface area contributed by atoms with Gasteiger partial charge in [-0.05, 0) is 31.5 Å². The number of ether oxygens (including phenoxy) is 1. The minimum atomic E-state index is -0.796. The van der Waals surface area contributed by atoms with E-state index in [0.717, 1.165) is 35.6 Å². The lowest BCUT2D eigenvalue weighted by atomic mass is 10.00. The molecule has 1 saturated heterocycles. The Kier molecular flexibility index (Phi) is 5.09. The summed E-state index contributed by atoms with van der Waals surface area (Å²) in [5, 5.41) is 22.5. The quantitative estimate of drug-likeness (QED) is 0.609. The van der Waals surface area contributed by atoms with E-state index in [4.69, 9.17) is 4.74 Å². The molecule has 0 saturated carbocycles. The second-order valence-corrected chi connectivity index (χ2v) is 7.23. The molecule has 0 amide bonds. The molecule has 8 heteroatoms. The van der Waals surface area contributed by atoms with Gasteiger partial charge >= 0.3 is 5.69 Å². The van der Waals surface area contributed by atoms with E-state index in [1.165, 1.54) is 4.57 Å². The van der Waals surface area contributed by atoms with E-state index in [2.05, 4.69) is 47.2 Å². The van der Waals surface area contributed by atoms with Crippen molar-refractivity contribution in [3.8, 4) is 0 Å². The number of benzene rings is 1. The van der Waals surface area contributed by atoms with Gasteiger partial charge in [-0.15, -0.1) is 0 Å². The van der Waals surface area contributed by atoms with Crippen LogP contribution in [0.15, 0.2) is 29.2 Å². The predicted molar refractivity (Wildman–Crippen MR) is 106 cm³/mol. The molecule has 1 aromatic heterocycles. The monoisotopic (exact) mass is 386 g/mol. The van der Waals surface area contributed by atoms with Crippen LogP contribution in [0.25, 0.3) is 0 Å². The Bertz CT molecular complexity index is 925. The van der Waals surface area contributed by atoms with Crippen molar-refractivity contribution in [3.05, 3.63) is 46.0 Å². The largest absolute Gasteiger partial charge is 0.394 e. The Hall–Kier alpha value is -2.42. The number of hydrogen-bond acceptors (Lipinski definition) is 7. The molecular formula is C20H26N4O4. The summed E-state index contributed by atoms with van der Waals surface area (Å²) < 4.78 is 7.03. The van der Waals surface area contributed by atoms with Crippen molar-refractivity contribution in [3.63, 3.8) is 0 Å². The Balaban J connectivity index is 1.63. The van der Waals surface area contributed by atoms with Gasteiger partial charge in [-0.3, -0.25) is 4.57 Å². The van der Waals surface area contributed by atoms with Gasteiger partial charge in [0, 0.05) is 49.1 Å². The van der Waals surface area contributed by atoms with E-state index >= 15 is 0 Å². The maximum absolute atomic E-state index is 12.5. The third kappa shape index (κ3) is 3.28. The molecule has 3 atom stereocenters. The topological polar surface area (TPSA) is 99.9 Å². The molecule has 0 spiro atoms. The molecular weight excluding hydrogens is 360 g/mol. The van der Waals surface area contributed by atoms with Gasteiger partial charge in [-0.25, -0.2) is 4.79 Å². The van der Waals surface area contributed by atoms with E-state index in [-0.39, 0.29) is 13.0 Å². The van der Waals surface area contributed by atoms with E-state index in [0.29, 0.717) is 12.2 Å². The van der Waals surface area contributed by atoms with Crippen LogP contribution in [0.5, 0.6) is 0 Å². The van der Waals surface area contributed by atoms with Gasteiger partial charge in [0.25, 0.3) is 0 Å². The molecule has 0 radical (unpaired) electrons. The van der Waals surface area contributed by atoms with Crippen molar-refractivity contribution < 1.29 is 14.9 Å². The molecule has 28 heavy (non-hydrogen) atoms. The van der Waals surface area contributed by atoms with Crippen LogP contribution >= 0.6 is 0 Å². The molecule has 1 fully saturated rings. The number of nitrogens with one attached hydrogen (secondary N) is 1. The average Bonchev–Trinajstić information content (AvgIpc) is 3.07. The molecule has 4 rings (SSSR count). The van der Waals surface area contributed by atoms with Crippen LogP contribution in [0.2, 0.25) is 0 Å². The normalized spacial score (nSPS) is 23.1. The fourth-order valence-corrected chi connectivity index (χ4v) is 3.96. The summed E-state index contributed by atoms with van der Waals surface area (Å²) in [5.74, 6) is 0.558. The summed E-state index contributed by atoms with van der Waals surface area (Å²) >= 11 is 0. The van der Waals surface area contributed by atoms with Crippen molar-refractivity contribution in [1.82, 2.24) is 9.55 Å². The van der Waals surface area contributed by atoms with E-state index in [9.17, 15) is 15.0 Å². The number of rotatable bonds is 5. The summed E-state index contributed by atoms with van der Waals surface area (Å²) in [5.41, 5.74) is 3.69. The lowest BCUT2D eigenvalue weighted by Crippen LogP contribution is -2.30. The zero-order valence-electron chi connectivity index (χ0n) is 16.1. The van der Waals surface area contributed by atoms with Crippen molar-refractivity contribution in [1.29, 1.82) is 0 Å². The molecule has 0 bridgehead atoms. The predicted octanol–water partition coefficient (Wildman–Crippen LogP) is 1.38. The molecule has 8 nitrogen and oxygen atoms in total. The second kappa shape index (κ2) is 7.54. The fraction of sp³-hybridized carbons (Fsp3) is 0.500. The number of nitrogens with zero attached hydrogens (tertiary/aromatic N) is 3. The molecule has 2 aliphatic heterocycles. The standard InChI is InChI=1S/C20H26N4O4/c1-3-23(4-2)14-6-5-12-7-13-10-24(18-9-16(26)17(11-25)28-18)20(27)22-19(13)21-15(12)8-14/h5-6,8,10,16-18,25-26H,3-4,7,9,11H2,1-2H3,(H,21,22,27)/t16?,17-,18-/m1/s1. The van der Waals surface area contributed by atoms with E-state index < -0.39 is 24.1 Å². The molecule has 3 heterocycles. The van der Waals surface area contributed by atoms with Crippen molar-refractivity contribution in [2.75, 3.05) is 29.9 Å². The lowest BCUT2D eigenvalue weighted by molar-refractivity contribution is -0.0459. The third-order valence-electron chi connectivity index (χ3n) is 5.58. The number of aliphatic hydroxyl groups is 2. The van der Waals surface area contributed by atoms with E-state index in [1.54, 1.807) is 6.20 Å². The van der Waals surface area contributed by atoms with Crippen molar-refractivity contribution in [2.45, 2.75) is 45.1 Å². The highest BCUT2D eigenvalue weighted by Crippen LogP contribution is 2.35. The first-order chi connectivity index (χ1) is 13.5. The zero-order valence-corrected chi connectivity index (χ0v) is 16.1. The molecule has 1 unspecified atom stereocenters. The van der Waals surface area contributed by atoms with Crippen LogP contribution in [0.4, 0.5) is 17.2 Å². The summed E-state index contributed by atoms with van der Waals surface area (Å²) in [6.07, 6.45) is 0.561. The van der Waals surface area contributed by atoms with Gasteiger partial charge in [0.15, 0.2) is 0 Å². The van der Waals surface area contributed by atoms with Crippen molar-refractivity contribution >= 4 is 17.2 Å². The molecule has 1 aromatic carbocycles. The molecule has 3 N–H and O–H groups in total. The number of fused-ring (bicyclic) bond motifs is 2. The first-order valence-corrected chi connectivity index (χ1v) is 9.75. The zero-order chi connectivity index (χ0) is 19.8. The summed E-state index contributed by atoms with van der Waals surface area (Å²) in [7, 11) is 0. The van der Waals surface area contributed by atoms with Crippen LogP contribution in [0, 0.1) is 0 Å². The fourth-order valence-electron chi connectivity index (χ4n) is 3.96. The average molecular weight is 386 g/mol. The second-order valence-electron chi connectivity index (χ2n) is 7.23. The number of aromatic nitrogens is 2. The van der Waals surface area contributed by atoms with Gasteiger partial charge < -0.3 is 25.2 Å². The summed E-state index contributed by atoms with van der Waals surface area (Å²) in [6.45, 7) is 5.82. The van der Waals surface area contributed by atoms with E-state index in [1.807, 2.05) is 0 Å². The minimum Gasteiger partial charge on any atom is -0.394 e. The third-order valence-corrected chi connectivity index (χ3v) is 5.58. The molecule has 2 aromatic rings. The summed E-state index contributed by atoms with van der Waals surface area (Å²) in [4.78, 5) is 19.0. The van der Waals surface area contributed by atoms with Crippen molar-refractivity contribution in [2.24, 2.45) is 0 Å². The Morgan fingerprint density at radius 2 is 2.11 bits per heavy atom. The lowest BCUT2D eigenvalue weighted by Gasteiger charge is -2.26. The molecule has 150 valence electrons. The maximum Gasteiger partial charge on any atom is 0.351 e. The van der Waals surface area contributed by atoms with Gasteiger partial charge in [-0.1, -0.05) is 6.07 Å². The van der Waals surface area contributed by atoms with Crippen LogP contribution in [-0.4, -0.2) is 51.7 Å². The Labute approximate surface area is 163 Å². The first-order valence-electron chi connectivity index (χ1n) is 9.75. The highest BCUT2D eigenvalue weighted by molar-refractivity contribution is 5.72. The van der Waals surface area contributed by atoms with Crippen LogP contribution in [0.3, 0.4) is 0 Å².